The lowest BCUT2D eigenvalue weighted by molar-refractivity contribution is -0.123. The summed E-state index contributed by atoms with van der Waals surface area (Å²) in [5.41, 5.74) is -0.770. The Morgan fingerprint density at radius 3 is 2.56 bits per heavy atom. The maximum atomic E-state index is 12.6. The normalized spacial score (nSPS) is 11.6. The molecule has 0 aliphatic rings. The number of anilines is 1. The molecule has 5 heteroatoms. The molecule has 1 N–H and O–H groups in total. The molecule has 1 aromatic rings. The number of carbonyl (C=O) groups is 1. The summed E-state index contributed by atoms with van der Waals surface area (Å²) in [5, 5.41) is 2.47. The van der Waals surface area contributed by atoms with Crippen LogP contribution in [0.1, 0.15) is 32.8 Å². The minimum Gasteiger partial charge on any atom is -0.325 e. The Labute approximate surface area is 92.9 Å². The summed E-state index contributed by atoms with van der Waals surface area (Å²) in [7, 11) is 0. The van der Waals surface area contributed by atoms with Gasteiger partial charge in [0.2, 0.25) is 5.91 Å². The molecule has 88 valence electrons. The number of alkyl halides is 2. The second kappa shape index (κ2) is 4.55. The quantitative estimate of drug-likeness (QED) is 0.845. The summed E-state index contributed by atoms with van der Waals surface area (Å²) >= 11 is 0. The zero-order chi connectivity index (χ0) is 12.3. The van der Waals surface area contributed by atoms with Crippen LogP contribution in [0, 0.1) is 5.41 Å². The summed E-state index contributed by atoms with van der Waals surface area (Å²) in [6.45, 7) is 5.14. The molecule has 1 amide bonds. The maximum Gasteiger partial charge on any atom is 0.267 e. The van der Waals surface area contributed by atoms with Crippen LogP contribution in [0.2, 0.25) is 0 Å². The Morgan fingerprint density at radius 1 is 1.44 bits per heavy atom. The first-order chi connectivity index (χ1) is 7.32. The van der Waals surface area contributed by atoms with E-state index in [2.05, 4.69) is 10.3 Å². The Kier molecular flexibility index (Phi) is 3.57. The monoisotopic (exact) mass is 228 g/mol. The Balaban J connectivity index is 2.94. The third kappa shape index (κ3) is 2.98. The van der Waals surface area contributed by atoms with Crippen molar-refractivity contribution in [3.05, 3.63) is 24.0 Å². The van der Waals surface area contributed by atoms with E-state index in [4.69, 9.17) is 0 Å². The second-order valence-electron chi connectivity index (χ2n) is 4.47. The van der Waals surface area contributed by atoms with Gasteiger partial charge in [-0.15, -0.1) is 0 Å². The fourth-order valence-electron chi connectivity index (χ4n) is 1.00. The lowest BCUT2D eigenvalue weighted by Crippen LogP contribution is -2.28. The molecule has 0 unspecified atom stereocenters. The summed E-state index contributed by atoms with van der Waals surface area (Å²) in [4.78, 5) is 15.2. The first kappa shape index (κ1) is 12.5. The van der Waals surface area contributed by atoms with Crippen molar-refractivity contribution in [2.24, 2.45) is 5.41 Å². The van der Waals surface area contributed by atoms with E-state index < -0.39 is 11.8 Å². The molecule has 1 heterocycles. The third-order valence-corrected chi connectivity index (χ3v) is 2.02. The molecule has 0 fully saturated rings. The molecular formula is C11H14F2N2O. The number of pyridine rings is 1. The minimum absolute atomic E-state index is 0.116. The molecule has 1 rings (SSSR count). The molecule has 0 aromatic carbocycles. The summed E-state index contributed by atoms with van der Waals surface area (Å²) in [6.07, 6.45) is -0.225. The molecule has 0 saturated heterocycles. The number of carbonyl (C=O) groups excluding carboxylic acids is 1. The summed E-state index contributed by atoms with van der Waals surface area (Å²) in [5.74, 6) is -0.305. The first-order valence-corrected chi connectivity index (χ1v) is 4.86. The van der Waals surface area contributed by atoms with Gasteiger partial charge >= 0.3 is 0 Å². The van der Waals surface area contributed by atoms with Crippen LogP contribution in [0.3, 0.4) is 0 Å². The molecule has 3 nitrogen and oxygen atoms in total. The lowest BCUT2D eigenvalue weighted by atomic mass is 9.95. The number of rotatable bonds is 2. The fraction of sp³-hybridized carbons (Fsp3) is 0.455. The van der Waals surface area contributed by atoms with Crippen LogP contribution in [0.4, 0.5) is 14.5 Å². The highest BCUT2D eigenvalue weighted by atomic mass is 19.3. The van der Waals surface area contributed by atoms with Crippen molar-refractivity contribution in [3.8, 4) is 0 Å². The molecular weight excluding hydrogens is 214 g/mol. The number of halogens is 2. The van der Waals surface area contributed by atoms with Crippen molar-refractivity contribution in [3.63, 3.8) is 0 Å². The predicted molar refractivity (Wildman–Crippen MR) is 57.3 cm³/mol. The number of amides is 1. The molecule has 16 heavy (non-hydrogen) atoms. The topological polar surface area (TPSA) is 42.0 Å². The van der Waals surface area contributed by atoms with Gasteiger partial charge in [0.15, 0.2) is 0 Å². The van der Waals surface area contributed by atoms with Gasteiger partial charge in [0.25, 0.3) is 6.43 Å². The first-order valence-electron chi connectivity index (χ1n) is 4.86. The highest BCUT2D eigenvalue weighted by Gasteiger charge is 2.23. The number of hydrogen-bond donors (Lipinski definition) is 1. The largest absolute Gasteiger partial charge is 0.325 e. The summed E-state index contributed by atoms with van der Waals surface area (Å²) < 4.78 is 25.2. The smallest absolute Gasteiger partial charge is 0.267 e. The van der Waals surface area contributed by atoms with Crippen molar-refractivity contribution in [2.75, 3.05) is 5.32 Å². The highest BCUT2D eigenvalue weighted by Crippen LogP contribution is 2.27. The van der Waals surface area contributed by atoms with Crippen LogP contribution >= 0.6 is 0 Å². The molecule has 0 bridgehead atoms. The minimum atomic E-state index is -2.65. The number of nitrogens with one attached hydrogen (secondary N) is 1. The van der Waals surface area contributed by atoms with Gasteiger partial charge in [0.1, 0.15) is 0 Å². The van der Waals surface area contributed by atoms with E-state index in [9.17, 15) is 13.6 Å². The van der Waals surface area contributed by atoms with Crippen LogP contribution in [0.15, 0.2) is 18.5 Å². The van der Waals surface area contributed by atoms with Crippen LogP contribution in [0.25, 0.3) is 0 Å². The number of nitrogens with zero attached hydrogens (tertiary/aromatic N) is 1. The molecule has 1 aromatic heterocycles. The second-order valence-corrected chi connectivity index (χ2v) is 4.47. The molecule has 0 aliphatic carbocycles. The highest BCUT2D eigenvalue weighted by molar-refractivity contribution is 5.95. The van der Waals surface area contributed by atoms with Crippen molar-refractivity contribution in [2.45, 2.75) is 27.2 Å². The number of hydrogen-bond acceptors (Lipinski definition) is 2. The summed E-state index contributed by atoms with van der Waals surface area (Å²) in [6, 6.07) is 1.37. The van der Waals surface area contributed by atoms with Crippen LogP contribution < -0.4 is 5.32 Å². The van der Waals surface area contributed by atoms with Gasteiger partial charge in [-0.3, -0.25) is 9.78 Å². The zero-order valence-electron chi connectivity index (χ0n) is 9.42. The fourth-order valence-corrected chi connectivity index (χ4v) is 1.00. The number of aromatic nitrogens is 1. The van der Waals surface area contributed by atoms with E-state index in [1.165, 1.54) is 12.3 Å². The lowest BCUT2D eigenvalue weighted by Gasteiger charge is -2.18. The van der Waals surface area contributed by atoms with E-state index in [1.54, 1.807) is 20.8 Å². The van der Waals surface area contributed by atoms with Gasteiger partial charge < -0.3 is 5.32 Å². The maximum absolute atomic E-state index is 12.6. The van der Waals surface area contributed by atoms with Crippen molar-refractivity contribution >= 4 is 11.6 Å². The Hall–Kier alpha value is -1.52. The third-order valence-electron chi connectivity index (χ3n) is 2.02. The van der Waals surface area contributed by atoms with Gasteiger partial charge in [-0.25, -0.2) is 8.78 Å². The van der Waals surface area contributed by atoms with Crippen LogP contribution in [0.5, 0.6) is 0 Å². The molecule has 0 radical (unpaired) electrons. The van der Waals surface area contributed by atoms with E-state index in [0.29, 0.717) is 0 Å². The van der Waals surface area contributed by atoms with Crippen molar-refractivity contribution < 1.29 is 13.6 Å². The average molecular weight is 228 g/mol. The molecule has 0 atom stereocenters. The van der Waals surface area contributed by atoms with E-state index in [1.807, 2.05) is 0 Å². The van der Waals surface area contributed by atoms with Crippen molar-refractivity contribution in [1.82, 2.24) is 4.98 Å². The van der Waals surface area contributed by atoms with Gasteiger partial charge in [-0.05, 0) is 6.07 Å². The van der Waals surface area contributed by atoms with Gasteiger partial charge in [0, 0.05) is 17.8 Å². The Bertz CT molecular complexity index is 386. The Morgan fingerprint density at radius 2 is 2.06 bits per heavy atom. The van der Waals surface area contributed by atoms with Gasteiger partial charge in [0.05, 0.1) is 11.3 Å². The van der Waals surface area contributed by atoms with Crippen LogP contribution in [-0.4, -0.2) is 10.9 Å². The van der Waals surface area contributed by atoms with Crippen molar-refractivity contribution in [1.29, 1.82) is 0 Å². The predicted octanol–water partition coefficient (Wildman–Crippen LogP) is 3.00. The SMILES string of the molecule is CC(C)(C)C(=O)Nc1ccncc1C(F)F. The standard InChI is InChI=1S/C11H14F2N2O/c1-11(2,3)10(16)15-8-4-5-14-6-7(8)9(12)13/h4-6,9H,1-3H3,(H,14,15,16). The van der Waals surface area contributed by atoms with E-state index in [-0.39, 0.29) is 17.2 Å². The molecule has 0 spiro atoms. The molecule has 0 saturated carbocycles. The van der Waals surface area contributed by atoms with Crippen LogP contribution in [-0.2, 0) is 4.79 Å². The average Bonchev–Trinajstić information content (AvgIpc) is 2.16. The van der Waals surface area contributed by atoms with Gasteiger partial charge in [-0.1, -0.05) is 20.8 Å². The van der Waals surface area contributed by atoms with Gasteiger partial charge in [-0.2, -0.15) is 0 Å². The van der Waals surface area contributed by atoms with E-state index >= 15 is 0 Å². The zero-order valence-corrected chi connectivity index (χ0v) is 9.42. The molecule has 0 aliphatic heterocycles. The van der Waals surface area contributed by atoms with E-state index in [0.717, 1.165) is 6.20 Å².